The maximum Gasteiger partial charge on any atom is 0.258 e. The summed E-state index contributed by atoms with van der Waals surface area (Å²) < 4.78 is 0. The molecule has 70 valence electrons. The predicted molar refractivity (Wildman–Crippen MR) is 52.8 cm³/mol. The highest BCUT2D eigenvalue weighted by molar-refractivity contribution is 5.60. The lowest BCUT2D eigenvalue weighted by Gasteiger charge is -1.99. The van der Waals surface area contributed by atoms with Crippen LogP contribution in [0.2, 0.25) is 0 Å². The van der Waals surface area contributed by atoms with E-state index >= 15 is 0 Å². The number of aromatic amines is 1. The Morgan fingerprint density at radius 3 is 3.00 bits per heavy atom. The van der Waals surface area contributed by atoms with Gasteiger partial charge < -0.3 is 4.98 Å². The quantitative estimate of drug-likeness (QED) is 0.728. The molecule has 2 aromatic rings. The molecule has 0 saturated heterocycles. The topological polar surface area (TPSA) is 58.6 Å². The van der Waals surface area contributed by atoms with E-state index in [1.165, 1.54) is 6.33 Å². The van der Waals surface area contributed by atoms with Gasteiger partial charge in [-0.1, -0.05) is 0 Å². The molecule has 0 saturated carbocycles. The fourth-order valence-electron chi connectivity index (χ4n) is 1.26. The van der Waals surface area contributed by atoms with Crippen molar-refractivity contribution in [1.29, 1.82) is 0 Å². The second-order valence-electron chi connectivity index (χ2n) is 2.98. The van der Waals surface area contributed by atoms with Crippen molar-refractivity contribution < 1.29 is 0 Å². The lowest BCUT2D eigenvalue weighted by atomic mass is 10.1. The fourth-order valence-corrected chi connectivity index (χ4v) is 1.26. The van der Waals surface area contributed by atoms with Crippen molar-refractivity contribution in [2.24, 2.45) is 0 Å². The third-order valence-electron chi connectivity index (χ3n) is 1.93. The molecule has 2 aromatic heterocycles. The molecule has 1 N–H and O–H groups in total. The summed E-state index contributed by atoms with van der Waals surface area (Å²) in [4.78, 5) is 21.9. The van der Waals surface area contributed by atoms with Crippen LogP contribution < -0.4 is 5.56 Å². The van der Waals surface area contributed by atoms with Crippen LogP contribution in [0.25, 0.3) is 11.1 Å². The van der Waals surface area contributed by atoms with Crippen LogP contribution in [0.5, 0.6) is 0 Å². The zero-order chi connectivity index (χ0) is 9.97. The van der Waals surface area contributed by atoms with Crippen molar-refractivity contribution in [2.45, 2.75) is 6.92 Å². The van der Waals surface area contributed by atoms with Gasteiger partial charge in [0.15, 0.2) is 0 Å². The van der Waals surface area contributed by atoms with Crippen molar-refractivity contribution in [3.8, 4) is 11.1 Å². The molecule has 4 heteroatoms. The summed E-state index contributed by atoms with van der Waals surface area (Å²) in [6.45, 7) is 1.88. The molecule has 0 aromatic carbocycles. The number of hydrogen-bond acceptors (Lipinski definition) is 3. The second-order valence-corrected chi connectivity index (χ2v) is 2.98. The first-order valence-electron chi connectivity index (χ1n) is 4.23. The van der Waals surface area contributed by atoms with Gasteiger partial charge in [-0.3, -0.25) is 9.78 Å². The molecule has 0 bridgehead atoms. The highest BCUT2D eigenvalue weighted by Gasteiger charge is 2.02. The van der Waals surface area contributed by atoms with E-state index in [-0.39, 0.29) is 5.56 Å². The van der Waals surface area contributed by atoms with Gasteiger partial charge in [0.25, 0.3) is 5.56 Å². The predicted octanol–water partition coefficient (Wildman–Crippen LogP) is 1.14. The molecule has 0 unspecified atom stereocenters. The van der Waals surface area contributed by atoms with E-state index in [1.54, 1.807) is 18.5 Å². The average Bonchev–Trinajstić information content (AvgIpc) is 2.18. The summed E-state index contributed by atoms with van der Waals surface area (Å²) in [5, 5.41) is 0. The summed E-state index contributed by atoms with van der Waals surface area (Å²) in [5.74, 6) is 0. The number of aryl methyl sites for hydroxylation is 1. The molecule has 0 aliphatic rings. The third kappa shape index (κ3) is 1.54. The molecule has 0 spiro atoms. The highest BCUT2D eigenvalue weighted by atomic mass is 16.1. The van der Waals surface area contributed by atoms with Crippen molar-refractivity contribution in [3.63, 3.8) is 0 Å². The van der Waals surface area contributed by atoms with E-state index in [0.717, 1.165) is 11.3 Å². The Balaban J connectivity index is 2.61. The van der Waals surface area contributed by atoms with E-state index in [0.29, 0.717) is 5.56 Å². The van der Waals surface area contributed by atoms with Crippen LogP contribution >= 0.6 is 0 Å². The number of nitrogens with one attached hydrogen (secondary N) is 1. The van der Waals surface area contributed by atoms with Crippen LogP contribution in [0.15, 0.2) is 35.6 Å². The Bertz CT molecular complexity index is 504. The van der Waals surface area contributed by atoms with Gasteiger partial charge in [0.1, 0.15) is 0 Å². The number of nitrogens with zero attached hydrogens (tertiary/aromatic N) is 2. The van der Waals surface area contributed by atoms with Gasteiger partial charge in [-0.15, -0.1) is 0 Å². The molecule has 0 fully saturated rings. The summed E-state index contributed by atoms with van der Waals surface area (Å²) >= 11 is 0. The van der Waals surface area contributed by atoms with Crippen molar-refractivity contribution in [1.82, 2.24) is 15.0 Å². The monoisotopic (exact) mass is 187 g/mol. The number of rotatable bonds is 1. The van der Waals surface area contributed by atoms with Gasteiger partial charge in [-0.05, 0) is 24.6 Å². The standard InChI is InChI=1S/C10H9N3O/c1-7-4-8(2-3-12-7)9-5-11-6-13-10(9)14/h2-6H,1H3,(H,11,13,14). The van der Waals surface area contributed by atoms with Crippen molar-refractivity contribution >= 4 is 0 Å². The molecular formula is C10H9N3O. The van der Waals surface area contributed by atoms with Gasteiger partial charge in [0.2, 0.25) is 0 Å². The van der Waals surface area contributed by atoms with Gasteiger partial charge in [0, 0.05) is 18.1 Å². The molecule has 14 heavy (non-hydrogen) atoms. The van der Waals surface area contributed by atoms with E-state index in [9.17, 15) is 4.79 Å². The third-order valence-corrected chi connectivity index (χ3v) is 1.93. The molecular weight excluding hydrogens is 178 g/mol. The molecule has 0 amide bonds. The minimum Gasteiger partial charge on any atom is -0.313 e. The van der Waals surface area contributed by atoms with E-state index in [1.807, 2.05) is 13.0 Å². The number of H-pyrrole nitrogens is 1. The van der Waals surface area contributed by atoms with Gasteiger partial charge in [0.05, 0.1) is 11.9 Å². The zero-order valence-electron chi connectivity index (χ0n) is 7.69. The van der Waals surface area contributed by atoms with Crippen LogP contribution in [0, 0.1) is 6.92 Å². The van der Waals surface area contributed by atoms with Crippen LogP contribution in [0.4, 0.5) is 0 Å². The second kappa shape index (κ2) is 3.41. The van der Waals surface area contributed by atoms with Gasteiger partial charge in [-0.25, -0.2) is 4.98 Å². The summed E-state index contributed by atoms with van der Waals surface area (Å²) in [5.41, 5.74) is 2.15. The highest BCUT2D eigenvalue weighted by Crippen LogP contribution is 2.13. The van der Waals surface area contributed by atoms with Crippen LogP contribution in [-0.4, -0.2) is 15.0 Å². The first-order chi connectivity index (χ1) is 6.77. The zero-order valence-corrected chi connectivity index (χ0v) is 7.69. The maximum atomic E-state index is 11.4. The molecule has 2 rings (SSSR count). The molecule has 0 aliphatic heterocycles. The smallest absolute Gasteiger partial charge is 0.258 e. The molecule has 2 heterocycles. The minimum atomic E-state index is -0.134. The molecule has 0 atom stereocenters. The normalized spacial score (nSPS) is 10.1. The summed E-state index contributed by atoms with van der Waals surface area (Å²) in [6.07, 6.45) is 4.60. The van der Waals surface area contributed by atoms with E-state index in [4.69, 9.17) is 0 Å². The molecule has 0 radical (unpaired) electrons. The lowest BCUT2D eigenvalue weighted by molar-refractivity contribution is 1.12. The Hall–Kier alpha value is -1.97. The fraction of sp³-hybridized carbons (Fsp3) is 0.100. The van der Waals surface area contributed by atoms with Crippen LogP contribution in [0.3, 0.4) is 0 Å². The van der Waals surface area contributed by atoms with Gasteiger partial charge in [-0.2, -0.15) is 0 Å². The first-order valence-corrected chi connectivity index (χ1v) is 4.23. The van der Waals surface area contributed by atoms with Crippen LogP contribution in [0.1, 0.15) is 5.69 Å². The van der Waals surface area contributed by atoms with Gasteiger partial charge >= 0.3 is 0 Å². The SMILES string of the molecule is Cc1cc(-c2cnc[nH]c2=O)ccn1. The lowest BCUT2D eigenvalue weighted by Crippen LogP contribution is -2.08. The summed E-state index contributed by atoms with van der Waals surface area (Å²) in [6, 6.07) is 3.64. The minimum absolute atomic E-state index is 0.134. The Labute approximate surface area is 80.7 Å². The Morgan fingerprint density at radius 2 is 2.29 bits per heavy atom. The van der Waals surface area contributed by atoms with Crippen molar-refractivity contribution in [2.75, 3.05) is 0 Å². The van der Waals surface area contributed by atoms with E-state index in [2.05, 4.69) is 15.0 Å². The maximum absolute atomic E-state index is 11.4. The Kier molecular flexibility index (Phi) is 2.10. The number of pyridine rings is 1. The molecule has 4 nitrogen and oxygen atoms in total. The van der Waals surface area contributed by atoms with Crippen LogP contribution in [-0.2, 0) is 0 Å². The summed E-state index contributed by atoms with van der Waals surface area (Å²) in [7, 11) is 0. The average molecular weight is 187 g/mol. The Morgan fingerprint density at radius 1 is 1.43 bits per heavy atom. The first kappa shape index (κ1) is 8.62. The number of aromatic nitrogens is 3. The van der Waals surface area contributed by atoms with Crippen molar-refractivity contribution in [3.05, 3.63) is 46.9 Å². The molecule has 0 aliphatic carbocycles. The largest absolute Gasteiger partial charge is 0.313 e. The number of hydrogen-bond donors (Lipinski definition) is 1. The van der Waals surface area contributed by atoms with E-state index < -0.39 is 0 Å².